The van der Waals surface area contributed by atoms with Crippen LogP contribution in [-0.4, -0.2) is 42.6 Å². The molecule has 2 N–H and O–H groups in total. The summed E-state index contributed by atoms with van der Waals surface area (Å²) < 4.78 is 12.9. The van der Waals surface area contributed by atoms with E-state index in [1.54, 1.807) is 18.3 Å². The summed E-state index contributed by atoms with van der Waals surface area (Å²) in [6, 6.07) is 8.32. The third kappa shape index (κ3) is 5.90. The fraction of sp³-hybridized carbons (Fsp3) is 0.476. The van der Waals surface area contributed by atoms with E-state index in [-0.39, 0.29) is 18.1 Å². The Hall–Kier alpha value is -2.70. The number of aromatic nitrogens is 2. The molecule has 0 atom stereocenters. The van der Waals surface area contributed by atoms with Gasteiger partial charge in [-0.2, -0.15) is 4.98 Å². The van der Waals surface area contributed by atoms with Gasteiger partial charge in [-0.25, -0.2) is 9.37 Å². The average Bonchev–Trinajstić information content (AvgIpc) is 2.69. The maximum Gasteiger partial charge on any atom is 0.224 e. The Morgan fingerprint density at radius 3 is 2.54 bits per heavy atom. The molecule has 0 unspecified atom stereocenters. The van der Waals surface area contributed by atoms with Gasteiger partial charge < -0.3 is 15.5 Å². The van der Waals surface area contributed by atoms with Gasteiger partial charge in [-0.05, 0) is 55.4 Å². The predicted molar refractivity (Wildman–Crippen MR) is 109 cm³/mol. The van der Waals surface area contributed by atoms with E-state index in [2.05, 4.69) is 20.6 Å². The normalized spacial score (nSPS) is 19.1. The van der Waals surface area contributed by atoms with Crippen LogP contribution in [0.15, 0.2) is 36.5 Å². The molecule has 7 heteroatoms. The Morgan fingerprint density at radius 1 is 1.14 bits per heavy atom. The molecule has 6 nitrogen and oxygen atoms in total. The quantitative estimate of drug-likeness (QED) is 0.767. The van der Waals surface area contributed by atoms with Gasteiger partial charge in [-0.1, -0.05) is 12.1 Å². The first kappa shape index (κ1) is 20.0. The van der Waals surface area contributed by atoms with Crippen LogP contribution in [-0.2, 0) is 11.2 Å². The van der Waals surface area contributed by atoms with E-state index in [0.717, 1.165) is 37.1 Å². The lowest BCUT2D eigenvalue weighted by molar-refractivity contribution is -0.120. The zero-order valence-corrected chi connectivity index (χ0v) is 16.5. The fourth-order valence-corrected chi connectivity index (χ4v) is 3.47. The molecule has 150 valence electrons. The number of benzene rings is 1. The number of halogens is 1. The molecule has 0 radical (unpaired) electrons. The first-order valence-electron chi connectivity index (χ1n) is 9.77. The molecular formula is C21H28FN5O. The van der Waals surface area contributed by atoms with E-state index in [1.807, 2.05) is 25.1 Å². The number of anilines is 2. The number of amides is 1. The van der Waals surface area contributed by atoms with E-state index in [0.29, 0.717) is 24.5 Å². The topological polar surface area (TPSA) is 70.2 Å². The molecule has 1 saturated carbocycles. The maximum absolute atomic E-state index is 12.9. The first-order chi connectivity index (χ1) is 13.5. The van der Waals surface area contributed by atoms with Crippen molar-refractivity contribution in [3.63, 3.8) is 0 Å². The number of carbonyl (C=O) groups excluding carboxylic acids is 1. The van der Waals surface area contributed by atoms with Crippen molar-refractivity contribution >= 4 is 17.7 Å². The molecule has 1 aliphatic carbocycles. The molecule has 1 amide bonds. The lowest BCUT2D eigenvalue weighted by Gasteiger charge is -2.29. The molecule has 28 heavy (non-hydrogen) atoms. The largest absolute Gasteiger partial charge is 0.363 e. The lowest BCUT2D eigenvalue weighted by Crippen LogP contribution is -2.34. The predicted octanol–water partition coefficient (Wildman–Crippen LogP) is 3.01. The summed E-state index contributed by atoms with van der Waals surface area (Å²) in [5.74, 6) is 1.75. The third-order valence-corrected chi connectivity index (χ3v) is 5.14. The number of rotatable bonds is 7. The molecule has 3 rings (SSSR count). The number of hydrogen-bond donors (Lipinski definition) is 2. The van der Waals surface area contributed by atoms with E-state index in [1.165, 1.54) is 12.1 Å². The minimum atomic E-state index is -0.284. The highest BCUT2D eigenvalue weighted by Crippen LogP contribution is 2.25. The summed E-state index contributed by atoms with van der Waals surface area (Å²) in [6.07, 6.45) is 6.25. The molecule has 1 aromatic carbocycles. The molecule has 0 saturated heterocycles. The molecule has 0 bridgehead atoms. The van der Waals surface area contributed by atoms with Gasteiger partial charge in [0.1, 0.15) is 11.6 Å². The van der Waals surface area contributed by atoms with E-state index in [4.69, 9.17) is 0 Å². The van der Waals surface area contributed by atoms with E-state index in [9.17, 15) is 9.18 Å². The lowest BCUT2D eigenvalue weighted by atomic mass is 9.86. The minimum absolute atomic E-state index is 0.0132. The highest BCUT2D eigenvalue weighted by Gasteiger charge is 2.22. The van der Waals surface area contributed by atoms with Crippen LogP contribution in [0.1, 0.15) is 31.2 Å². The number of carbonyl (C=O) groups is 1. The van der Waals surface area contributed by atoms with Gasteiger partial charge in [0.25, 0.3) is 0 Å². The molecular weight excluding hydrogens is 357 g/mol. The minimum Gasteiger partial charge on any atom is -0.363 e. The summed E-state index contributed by atoms with van der Waals surface area (Å²) >= 11 is 0. The van der Waals surface area contributed by atoms with Crippen LogP contribution >= 0.6 is 0 Å². The Balaban J connectivity index is 1.38. The Bertz CT molecular complexity index is 773. The number of hydrogen-bond acceptors (Lipinski definition) is 5. The summed E-state index contributed by atoms with van der Waals surface area (Å²) in [5.41, 5.74) is 0.826. The van der Waals surface area contributed by atoms with Crippen molar-refractivity contribution in [1.82, 2.24) is 15.3 Å². The van der Waals surface area contributed by atoms with Crippen molar-refractivity contribution in [2.75, 3.05) is 30.9 Å². The van der Waals surface area contributed by atoms with Gasteiger partial charge in [-0.3, -0.25) is 4.79 Å². The van der Waals surface area contributed by atoms with Crippen molar-refractivity contribution in [3.05, 3.63) is 47.9 Å². The van der Waals surface area contributed by atoms with Crippen molar-refractivity contribution in [2.24, 2.45) is 5.92 Å². The zero-order chi connectivity index (χ0) is 19.9. The molecule has 2 aromatic rings. The Kier molecular flexibility index (Phi) is 6.79. The van der Waals surface area contributed by atoms with Crippen molar-refractivity contribution < 1.29 is 9.18 Å². The van der Waals surface area contributed by atoms with Crippen LogP contribution in [0.5, 0.6) is 0 Å². The smallest absolute Gasteiger partial charge is 0.224 e. The molecule has 0 aliphatic heterocycles. The molecule has 0 spiro atoms. The standard InChI is InChI=1S/C21H28FN5O/c1-27(2)19-11-12-23-21(26-19)25-18-9-5-16(6-10-18)14-24-20(28)13-15-3-7-17(22)8-4-15/h3-4,7-8,11-12,16,18H,5-6,9-10,13-14H2,1-2H3,(H,24,28)(H,23,25,26). The second kappa shape index (κ2) is 9.48. The molecule has 1 fully saturated rings. The van der Waals surface area contributed by atoms with Gasteiger partial charge >= 0.3 is 0 Å². The van der Waals surface area contributed by atoms with Crippen LogP contribution in [0.2, 0.25) is 0 Å². The highest BCUT2D eigenvalue weighted by atomic mass is 19.1. The van der Waals surface area contributed by atoms with Gasteiger partial charge in [-0.15, -0.1) is 0 Å². The van der Waals surface area contributed by atoms with E-state index >= 15 is 0 Å². The second-order valence-electron chi connectivity index (χ2n) is 7.60. The fourth-order valence-electron chi connectivity index (χ4n) is 3.47. The van der Waals surface area contributed by atoms with Gasteiger partial charge in [0.15, 0.2) is 0 Å². The summed E-state index contributed by atoms with van der Waals surface area (Å²) in [4.78, 5) is 22.9. The molecule has 1 aromatic heterocycles. The first-order valence-corrected chi connectivity index (χ1v) is 9.77. The van der Waals surface area contributed by atoms with Crippen LogP contribution in [0.25, 0.3) is 0 Å². The highest BCUT2D eigenvalue weighted by molar-refractivity contribution is 5.78. The van der Waals surface area contributed by atoms with Crippen LogP contribution < -0.4 is 15.5 Å². The van der Waals surface area contributed by atoms with Crippen LogP contribution in [0, 0.1) is 11.7 Å². The molecule has 1 heterocycles. The van der Waals surface area contributed by atoms with E-state index < -0.39 is 0 Å². The Labute approximate surface area is 165 Å². The van der Waals surface area contributed by atoms with Gasteiger partial charge in [0.05, 0.1) is 6.42 Å². The number of nitrogens with one attached hydrogen (secondary N) is 2. The van der Waals surface area contributed by atoms with Crippen LogP contribution in [0.3, 0.4) is 0 Å². The summed E-state index contributed by atoms with van der Waals surface area (Å²) in [6.45, 7) is 0.694. The molecule has 1 aliphatic rings. The van der Waals surface area contributed by atoms with Crippen molar-refractivity contribution in [2.45, 2.75) is 38.1 Å². The summed E-state index contributed by atoms with van der Waals surface area (Å²) in [5, 5.41) is 6.45. The number of nitrogens with zero attached hydrogens (tertiary/aromatic N) is 3. The SMILES string of the molecule is CN(C)c1ccnc(NC2CCC(CNC(=O)Cc3ccc(F)cc3)CC2)n1. The maximum atomic E-state index is 12.9. The van der Waals surface area contributed by atoms with Crippen molar-refractivity contribution in [3.8, 4) is 0 Å². The van der Waals surface area contributed by atoms with Gasteiger partial charge in [0.2, 0.25) is 11.9 Å². The van der Waals surface area contributed by atoms with Gasteiger partial charge in [0, 0.05) is 32.9 Å². The zero-order valence-electron chi connectivity index (χ0n) is 16.5. The average molecular weight is 385 g/mol. The summed E-state index contributed by atoms with van der Waals surface area (Å²) in [7, 11) is 3.92. The third-order valence-electron chi connectivity index (χ3n) is 5.14. The van der Waals surface area contributed by atoms with Crippen LogP contribution in [0.4, 0.5) is 16.2 Å². The Morgan fingerprint density at radius 2 is 1.86 bits per heavy atom. The monoisotopic (exact) mass is 385 g/mol. The van der Waals surface area contributed by atoms with Crippen molar-refractivity contribution in [1.29, 1.82) is 0 Å². The second-order valence-corrected chi connectivity index (χ2v) is 7.60.